The molecule has 5 nitrogen and oxygen atoms in total. The predicted molar refractivity (Wildman–Crippen MR) is 33.9 cm³/mol. The van der Waals surface area contributed by atoms with Crippen LogP contribution in [0.25, 0.3) is 0 Å². The van der Waals surface area contributed by atoms with Crippen molar-refractivity contribution in [1.82, 2.24) is 0 Å². The molecule has 0 saturated carbocycles. The third kappa shape index (κ3) is 1.34. The average Bonchev–Trinajstić information content (AvgIpc) is 2.09. The Kier molecular flexibility index (Phi) is 2.43. The summed E-state index contributed by atoms with van der Waals surface area (Å²) >= 11 is 0. The fourth-order valence-electron chi connectivity index (χ4n) is 0.913. The molecule has 6 heteroatoms. The number of alkyl halides is 1. The number of rotatable bonds is 1. The maximum Gasteiger partial charge on any atom is 0.262 e. The molecule has 0 aromatic carbocycles. The summed E-state index contributed by atoms with van der Waals surface area (Å²) in [5.74, 6) is -3.53. The highest BCUT2D eigenvalue weighted by molar-refractivity contribution is 5.85. The number of halogens is 1. The highest BCUT2D eigenvalue weighted by Crippen LogP contribution is 2.25. The minimum Gasteiger partial charge on any atom is -0.390 e. The van der Waals surface area contributed by atoms with Crippen LogP contribution in [-0.4, -0.2) is 52.4 Å². The van der Waals surface area contributed by atoms with Gasteiger partial charge in [0.2, 0.25) is 0 Å². The number of hydrogen-bond donors (Lipinski definition) is 3. The largest absolute Gasteiger partial charge is 0.390 e. The minimum atomic E-state index is -2.73. The third-order valence-corrected chi connectivity index (χ3v) is 1.74. The highest BCUT2D eigenvalue weighted by atomic mass is 19.2. The molecule has 70 valence electrons. The first-order valence-electron chi connectivity index (χ1n) is 3.34. The van der Waals surface area contributed by atoms with Gasteiger partial charge in [-0.1, -0.05) is 0 Å². The standard InChI is InChI=1S/C6H9FO5/c7-6(2-8)5(11)4(10)3(9)1-12-6/h4-5,8,10-11H,1-2H2. The Balaban J connectivity index is 2.77. The normalized spacial score (nSPS) is 43.2. The van der Waals surface area contributed by atoms with Gasteiger partial charge in [0, 0.05) is 0 Å². The van der Waals surface area contributed by atoms with Crippen molar-refractivity contribution in [3.05, 3.63) is 0 Å². The summed E-state index contributed by atoms with van der Waals surface area (Å²) in [5, 5.41) is 26.3. The Morgan fingerprint density at radius 3 is 2.75 bits per heavy atom. The van der Waals surface area contributed by atoms with Crippen molar-refractivity contribution in [1.29, 1.82) is 0 Å². The van der Waals surface area contributed by atoms with Gasteiger partial charge in [0.1, 0.15) is 25.4 Å². The van der Waals surface area contributed by atoms with Crippen LogP contribution < -0.4 is 0 Å². The number of Topliss-reactive ketones (excluding diaryl/α,β-unsaturated/α-hetero) is 1. The van der Waals surface area contributed by atoms with Gasteiger partial charge in [-0.05, 0) is 0 Å². The van der Waals surface area contributed by atoms with Crippen molar-refractivity contribution in [3.8, 4) is 0 Å². The van der Waals surface area contributed by atoms with Crippen molar-refractivity contribution in [2.45, 2.75) is 18.1 Å². The lowest BCUT2D eigenvalue weighted by molar-refractivity contribution is -0.261. The average molecular weight is 180 g/mol. The Morgan fingerprint density at radius 1 is 1.67 bits per heavy atom. The van der Waals surface area contributed by atoms with Gasteiger partial charge in [0.15, 0.2) is 5.78 Å². The van der Waals surface area contributed by atoms with Crippen LogP contribution in [0.2, 0.25) is 0 Å². The van der Waals surface area contributed by atoms with Crippen LogP contribution in [0.3, 0.4) is 0 Å². The molecule has 12 heavy (non-hydrogen) atoms. The topological polar surface area (TPSA) is 87.0 Å². The molecular weight excluding hydrogens is 171 g/mol. The number of ether oxygens (including phenoxy) is 1. The molecule has 0 radical (unpaired) electrons. The van der Waals surface area contributed by atoms with E-state index in [4.69, 9.17) is 15.3 Å². The fraction of sp³-hybridized carbons (Fsp3) is 0.833. The molecule has 1 heterocycles. The van der Waals surface area contributed by atoms with Gasteiger partial charge in [-0.2, -0.15) is 0 Å². The van der Waals surface area contributed by atoms with Crippen molar-refractivity contribution < 1.29 is 29.2 Å². The second kappa shape index (κ2) is 3.06. The summed E-state index contributed by atoms with van der Waals surface area (Å²) in [7, 11) is 0. The van der Waals surface area contributed by atoms with Gasteiger partial charge in [0.05, 0.1) is 0 Å². The lowest BCUT2D eigenvalue weighted by atomic mass is 10.00. The van der Waals surface area contributed by atoms with E-state index in [1.54, 1.807) is 0 Å². The zero-order chi connectivity index (χ0) is 9.35. The van der Waals surface area contributed by atoms with Gasteiger partial charge < -0.3 is 20.1 Å². The molecule has 3 unspecified atom stereocenters. The summed E-state index contributed by atoms with van der Waals surface area (Å²) in [6.07, 6.45) is -3.85. The molecule has 1 fully saturated rings. The molecule has 0 bridgehead atoms. The van der Waals surface area contributed by atoms with Gasteiger partial charge >= 0.3 is 0 Å². The predicted octanol–water partition coefficient (Wildman–Crippen LogP) is -2.03. The van der Waals surface area contributed by atoms with E-state index in [0.717, 1.165) is 0 Å². The number of aliphatic hydroxyl groups excluding tert-OH is 3. The van der Waals surface area contributed by atoms with E-state index in [2.05, 4.69) is 4.74 Å². The maximum absolute atomic E-state index is 13.1. The molecule has 0 aromatic rings. The highest BCUT2D eigenvalue weighted by Gasteiger charge is 2.49. The lowest BCUT2D eigenvalue weighted by Crippen LogP contribution is -2.58. The van der Waals surface area contributed by atoms with E-state index >= 15 is 0 Å². The van der Waals surface area contributed by atoms with Crippen LogP contribution in [0, 0.1) is 0 Å². The third-order valence-electron chi connectivity index (χ3n) is 1.74. The van der Waals surface area contributed by atoms with Crippen LogP contribution in [0.4, 0.5) is 4.39 Å². The first kappa shape index (κ1) is 9.53. The van der Waals surface area contributed by atoms with E-state index in [1.165, 1.54) is 0 Å². The van der Waals surface area contributed by atoms with Gasteiger partial charge in [0.25, 0.3) is 5.85 Å². The lowest BCUT2D eigenvalue weighted by Gasteiger charge is -2.34. The summed E-state index contributed by atoms with van der Waals surface area (Å²) in [6.45, 7) is -1.74. The molecule has 3 atom stereocenters. The number of hydrogen-bond acceptors (Lipinski definition) is 5. The molecule has 1 rings (SSSR count). The summed E-state index contributed by atoms with van der Waals surface area (Å²) < 4.78 is 17.3. The summed E-state index contributed by atoms with van der Waals surface area (Å²) in [4.78, 5) is 10.6. The fourth-order valence-corrected chi connectivity index (χ4v) is 0.913. The molecule has 1 aliphatic rings. The van der Waals surface area contributed by atoms with Crippen LogP contribution >= 0.6 is 0 Å². The molecule has 3 N–H and O–H groups in total. The quantitative estimate of drug-likeness (QED) is 0.433. The molecular formula is C6H9FO5. The number of aliphatic hydroxyl groups is 3. The molecule has 0 amide bonds. The van der Waals surface area contributed by atoms with E-state index in [9.17, 15) is 9.18 Å². The molecule has 0 aliphatic carbocycles. The Labute approximate surface area is 67.4 Å². The second-order valence-corrected chi connectivity index (χ2v) is 2.59. The van der Waals surface area contributed by atoms with Gasteiger partial charge in [-0.3, -0.25) is 4.79 Å². The van der Waals surface area contributed by atoms with Gasteiger partial charge in [-0.25, -0.2) is 4.39 Å². The molecule has 0 aromatic heterocycles. The van der Waals surface area contributed by atoms with Crippen molar-refractivity contribution >= 4 is 5.78 Å². The smallest absolute Gasteiger partial charge is 0.262 e. The Hall–Kier alpha value is -0.560. The zero-order valence-electron chi connectivity index (χ0n) is 6.11. The van der Waals surface area contributed by atoms with Gasteiger partial charge in [-0.15, -0.1) is 0 Å². The summed E-state index contributed by atoms with van der Waals surface area (Å²) in [5.41, 5.74) is 0. The van der Waals surface area contributed by atoms with E-state index in [0.29, 0.717) is 0 Å². The van der Waals surface area contributed by atoms with Crippen LogP contribution in [0.1, 0.15) is 0 Å². The van der Waals surface area contributed by atoms with E-state index in [1.807, 2.05) is 0 Å². The zero-order valence-corrected chi connectivity index (χ0v) is 6.11. The maximum atomic E-state index is 13.1. The van der Waals surface area contributed by atoms with Crippen LogP contribution in [-0.2, 0) is 9.53 Å². The van der Waals surface area contributed by atoms with E-state index in [-0.39, 0.29) is 0 Å². The SMILES string of the molecule is O=C1COC(F)(CO)C(O)C1O. The van der Waals surface area contributed by atoms with Crippen molar-refractivity contribution in [2.24, 2.45) is 0 Å². The first-order chi connectivity index (χ1) is 5.51. The molecule has 1 aliphatic heterocycles. The van der Waals surface area contributed by atoms with Crippen LogP contribution in [0.5, 0.6) is 0 Å². The van der Waals surface area contributed by atoms with Crippen LogP contribution in [0.15, 0.2) is 0 Å². The molecule has 0 spiro atoms. The Bertz CT molecular complexity index is 196. The first-order valence-corrected chi connectivity index (χ1v) is 3.34. The number of ketones is 1. The monoisotopic (exact) mass is 180 g/mol. The van der Waals surface area contributed by atoms with E-state index < -0.39 is 37.1 Å². The van der Waals surface area contributed by atoms with Crippen molar-refractivity contribution in [3.63, 3.8) is 0 Å². The van der Waals surface area contributed by atoms with Crippen molar-refractivity contribution in [2.75, 3.05) is 13.2 Å². The summed E-state index contributed by atoms with van der Waals surface area (Å²) in [6, 6.07) is 0. The second-order valence-electron chi connectivity index (χ2n) is 2.59. The minimum absolute atomic E-state index is 0.644. The number of carbonyl (C=O) groups is 1. The Morgan fingerprint density at radius 2 is 2.25 bits per heavy atom. The number of carbonyl (C=O) groups excluding carboxylic acids is 1. The molecule has 1 saturated heterocycles.